The highest BCUT2D eigenvalue weighted by atomic mass is 32.7. The van der Waals surface area contributed by atoms with Crippen molar-refractivity contribution in [2.24, 2.45) is 0 Å². The molecule has 0 aliphatic heterocycles. The Morgan fingerprint density at radius 1 is 1.23 bits per heavy atom. The summed E-state index contributed by atoms with van der Waals surface area (Å²) in [5.41, 5.74) is -0.587. The maximum Gasteiger partial charge on any atom is 0.408 e. The minimum atomic E-state index is -2.29. The third-order valence-corrected chi connectivity index (χ3v) is 12.0. The first kappa shape index (κ1) is 25.8. The van der Waals surface area contributed by atoms with Crippen LogP contribution in [0.4, 0.5) is 4.79 Å². The van der Waals surface area contributed by atoms with Crippen LogP contribution in [0.15, 0.2) is 12.7 Å². The molecule has 2 atom stereocenters. The van der Waals surface area contributed by atoms with Crippen LogP contribution in [-0.2, 0) is 13.7 Å². The number of hydrogen-bond donors (Lipinski definition) is 1. The fraction of sp³-hybridized carbons (Fsp3) is 0.833. The number of carbonyl (C=O) groups is 1. The van der Waals surface area contributed by atoms with Gasteiger partial charge in [-0.05, 0) is 52.2 Å². The summed E-state index contributed by atoms with van der Waals surface area (Å²) in [6.07, 6.45) is -1.45. The number of nitrogens with one attached hydrogen (secondary N) is 1. The van der Waals surface area contributed by atoms with Crippen LogP contribution in [0.5, 0.6) is 0 Å². The summed E-state index contributed by atoms with van der Waals surface area (Å²) in [5.74, 6) is 0.467. The molecule has 0 spiro atoms. The molecule has 0 heterocycles. The molecule has 0 aliphatic rings. The smallest absolute Gasteiger partial charge is 0.408 e. The van der Waals surface area contributed by atoms with Crippen molar-refractivity contribution in [3.63, 3.8) is 0 Å². The second-order valence-electron chi connectivity index (χ2n) is 9.38. The highest BCUT2D eigenvalue weighted by molar-refractivity contribution is 8.57. The molecule has 0 bridgehead atoms. The fourth-order valence-electron chi connectivity index (χ4n) is 1.75. The molecular formula is C18H38NO4PSSi. The standard InChI is InChI=1S/C18H38NO4PSSi/c1-12-15(23-26(10,11)18(5,6)7)14(13-25-24(8,9)21)19-16(20)22-17(2,3)4/h12,14-15H,1,13H2,2-11H3,(H,19,20)/t14-,15-/m1/s1. The SMILES string of the molecule is C=C[C@@H](O[Si](C)(C)C(C)(C)C)[C@@H](CSP(C)(C)=O)NC(=O)OC(C)(C)C. The molecule has 1 N–H and O–H groups in total. The monoisotopic (exact) mass is 423 g/mol. The number of hydrogen-bond acceptors (Lipinski definition) is 5. The van der Waals surface area contributed by atoms with E-state index >= 15 is 0 Å². The third-order valence-electron chi connectivity index (χ3n) is 4.13. The quantitative estimate of drug-likeness (QED) is 0.307. The van der Waals surface area contributed by atoms with Crippen molar-refractivity contribution >= 4 is 32.1 Å². The van der Waals surface area contributed by atoms with E-state index in [1.807, 2.05) is 20.8 Å². The maximum absolute atomic E-state index is 12.3. The minimum Gasteiger partial charge on any atom is -0.444 e. The summed E-state index contributed by atoms with van der Waals surface area (Å²) >= 11 is 1.35. The molecule has 0 saturated carbocycles. The molecule has 5 nitrogen and oxygen atoms in total. The average Bonchev–Trinajstić information content (AvgIpc) is 2.36. The van der Waals surface area contributed by atoms with Gasteiger partial charge in [0, 0.05) is 5.75 Å². The summed E-state index contributed by atoms with van der Waals surface area (Å²) < 4.78 is 24.0. The lowest BCUT2D eigenvalue weighted by Gasteiger charge is -2.40. The van der Waals surface area contributed by atoms with E-state index < -0.39 is 26.4 Å². The number of ether oxygens (including phenoxy) is 1. The van der Waals surface area contributed by atoms with Crippen LogP contribution in [0, 0.1) is 0 Å². The molecule has 8 heteroatoms. The summed E-state index contributed by atoms with van der Waals surface area (Å²) in [4.78, 5) is 12.3. The van der Waals surface area contributed by atoms with Crippen LogP contribution in [0.25, 0.3) is 0 Å². The molecule has 0 aromatic heterocycles. The van der Waals surface area contributed by atoms with Crippen LogP contribution in [0.1, 0.15) is 41.5 Å². The van der Waals surface area contributed by atoms with Gasteiger partial charge in [-0.25, -0.2) is 4.79 Å². The van der Waals surface area contributed by atoms with Crippen LogP contribution in [0.3, 0.4) is 0 Å². The van der Waals surface area contributed by atoms with Gasteiger partial charge in [-0.1, -0.05) is 38.2 Å². The van der Waals surface area contributed by atoms with Crippen molar-refractivity contribution in [1.82, 2.24) is 5.32 Å². The first-order chi connectivity index (χ1) is 11.4. The Hall–Kier alpha value is -0.233. The van der Waals surface area contributed by atoms with E-state index in [0.717, 1.165) is 0 Å². The molecule has 0 aromatic rings. The molecule has 0 aliphatic carbocycles. The third kappa shape index (κ3) is 10.2. The number of amides is 1. The van der Waals surface area contributed by atoms with Gasteiger partial charge in [0.15, 0.2) is 8.32 Å². The fourth-order valence-corrected chi connectivity index (χ4v) is 5.39. The molecular weight excluding hydrogens is 385 g/mol. The van der Waals surface area contributed by atoms with Crippen molar-refractivity contribution in [2.75, 3.05) is 19.1 Å². The maximum atomic E-state index is 12.3. The van der Waals surface area contributed by atoms with Crippen LogP contribution in [0.2, 0.25) is 18.1 Å². The van der Waals surface area contributed by atoms with E-state index in [4.69, 9.17) is 9.16 Å². The molecule has 0 saturated heterocycles. The Labute approximate surface area is 165 Å². The molecule has 0 radical (unpaired) electrons. The van der Waals surface area contributed by atoms with E-state index in [-0.39, 0.29) is 17.2 Å². The largest absolute Gasteiger partial charge is 0.444 e. The van der Waals surface area contributed by atoms with Gasteiger partial charge in [-0.15, -0.1) is 6.58 Å². The lowest BCUT2D eigenvalue weighted by molar-refractivity contribution is 0.0472. The number of alkyl carbamates (subject to hydrolysis) is 1. The topological polar surface area (TPSA) is 64.6 Å². The second kappa shape index (κ2) is 9.31. The van der Waals surface area contributed by atoms with E-state index in [0.29, 0.717) is 5.75 Å². The Morgan fingerprint density at radius 2 is 1.73 bits per heavy atom. The Kier molecular flexibility index (Phi) is 9.23. The van der Waals surface area contributed by atoms with Crippen LogP contribution in [-0.4, -0.2) is 51.2 Å². The van der Waals surface area contributed by atoms with E-state index in [1.54, 1.807) is 19.4 Å². The molecule has 1 amide bonds. The summed E-state index contributed by atoms with van der Waals surface area (Å²) in [6.45, 7) is 23.6. The van der Waals surface area contributed by atoms with Gasteiger partial charge in [0.25, 0.3) is 0 Å². The zero-order valence-corrected chi connectivity index (χ0v) is 20.8. The van der Waals surface area contributed by atoms with Gasteiger partial charge in [0.1, 0.15) is 11.9 Å². The molecule has 0 rings (SSSR count). The summed E-state index contributed by atoms with van der Waals surface area (Å²) in [6, 6.07) is -0.366. The predicted octanol–water partition coefficient (Wildman–Crippen LogP) is 5.73. The Balaban J connectivity index is 5.41. The average molecular weight is 424 g/mol. The van der Waals surface area contributed by atoms with Gasteiger partial charge in [-0.3, -0.25) is 0 Å². The van der Waals surface area contributed by atoms with Gasteiger partial charge in [0.05, 0.1) is 12.1 Å². The van der Waals surface area contributed by atoms with E-state index in [2.05, 4.69) is 45.8 Å². The first-order valence-corrected chi connectivity index (χ1v) is 16.0. The van der Waals surface area contributed by atoms with Gasteiger partial charge in [-0.2, -0.15) is 0 Å². The van der Waals surface area contributed by atoms with Crippen LogP contribution >= 0.6 is 17.7 Å². The van der Waals surface area contributed by atoms with Crippen molar-refractivity contribution in [2.45, 2.75) is 77.4 Å². The molecule has 26 heavy (non-hydrogen) atoms. The van der Waals surface area contributed by atoms with E-state index in [1.165, 1.54) is 11.4 Å². The molecule has 0 fully saturated rings. The number of carbonyl (C=O) groups excluding carboxylic acids is 1. The van der Waals surface area contributed by atoms with Crippen molar-refractivity contribution in [3.05, 3.63) is 12.7 Å². The van der Waals surface area contributed by atoms with Crippen LogP contribution < -0.4 is 5.32 Å². The van der Waals surface area contributed by atoms with E-state index in [9.17, 15) is 9.36 Å². The van der Waals surface area contributed by atoms with Gasteiger partial charge >= 0.3 is 6.09 Å². The minimum absolute atomic E-state index is 0.0304. The summed E-state index contributed by atoms with van der Waals surface area (Å²) in [7, 11) is -2.07. The zero-order chi connectivity index (χ0) is 21.0. The van der Waals surface area contributed by atoms with Crippen molar-refractivity contribution in [1.29, 1.82) is 0 Å². The highest BCUT2D eigenvalue weighted by Crippen LogP contribution is 2.51. The number of rotatable bonds is 8. The summed E-state index contributed by atoms with van der Waals surface area (Å²) in [5, 5.41) is 2.92. The predicted molar refractivity (Wildman–Crippen MR) is 117 cm³/mol. The second-order valence-corrected chi connectivity index (χ2v) is 20.6. The van der Waals surface area contributed by atoms with Gasteiger partial charge < -0.3 is 19.0 Å². The lowest BCUT2D eigenvalue weighted by Crippen LogP contribution is -2.52. The van der Waals surface area contributed by atoms with Gasteiger partial charge in [0.2, 0.25) is 0 Å². The lowest BCUT2D eigenvalue weighted by atomic mass is 10.2. The Bertz CT molecular complexity index is 534. The first-order valence-electron chi connectivity index (χ1n) is 8.87. The zero-order valence-electron chi connectivity index (χ0n) is 18.1. The van der Waals surface area contributed by atoms with Crippen molar-refractivity contribution in [3.8, 4) is 0 Å². The molecule has 0 unspecified atom stereocenters. The Morgan fingerprint density at radius 3 is 2.08 bits per heavy atom. The molecule has 0 aromatic carbocycles. The molecule has 154 valence electrons. The highest BCUT2D eigenvalue weighted by Gasteiger charge is 2.40. The normalized spacial score (nSPS) is 15.9. The van der Waals surface area contributed by atoms with Crippen molar-refractivity contribution < 1.29 is 18.5 Å².